The van der Waals surface area contributed by atoms with Crippen molar-refractivity contribution in [3.05, 3.63) is 0 Å². The molecule has 0 aromatic heterocycles. The summed E-state index contributed by atoms with van der Waals surface area (Å²) in [7, 11) is 0. The second-order valence-electron chi connectivity index (χ2n) is 5.20. The fourth-order valence-corrected chi connectivity index (χ4v) is 1.58. The molecule has 0 aliphatic rings. The average Bonchev–Trinajstić information content (AvgIpc) is 2.45. The lowest BCUT2D eigenvalue weighted by molar-refractivity contribution is -0.0635. The Hall–Kier alpha value is -0.240. The average molecular weight is 294 g/mol. The van der Waals surface area contributed by atoms with Crippen LogP contribution in [-0.2, 0) is 14.2 Å². The molecule has 0 unspecified atom stereocenters. The molecule has 0 aliphatic heterocycles. The van der Waals surface area contributed by atoms with Crippen LogP contribution in [0.5, 0.6) is 0 Å². The van der Waals surface area contributed by atoms with Crippen LogP contribution in [0.3, 0.4) is 0 Å². The number of aliphatic hydroxyl groups is 3. The monoisotopic (exact) mass is 294 g/mol. The summed E-state index contributed by atoms with van der Waals surface area (Å²) in [6, 6.07) is 0. The minimum absolute atomic E-state index is 0.122. The van der Waals surface area contributed by atoms with Gasteiger partial charge in [0.25, 0.3) is 0 Å². The second kappa shape index (κ2) is 13.7. The Morgan fingerprint density at radius 2 is 0.950 bits per heavy atom. The molecular formula is C14H30O6. The van der Waals surface area contributed by atoms with Crippen molar-refractivity contribution in [1.82, 2.24) is 0 Å². The van der Waals surface area contributed by atoms with Crippen molar-refractivity contribution in [3.63, 3.8) is 0 Å². The third kappa shape index (κ3) is 11.6. The molecule has 0 heterocycles. The molecule has 20 heavy (non-hydrogen) atoms. The zero-order valence-electron chi connectivity index (χ0n) is 12.6. The van der Waals surface area contributed by atoms with Gasteiger partial charge in [-0.05, 0) is 19.3 Å². The highest BCUT2D eigenvalue weighted by atomic mass is 16.5. The van der Waals surface area contributed by atoms with Gasteiger partial charge >= 0.3 is 0 Å². The van der Waals surface area contributed by atoms with E-state index in [9.17, 15) is 0 Å². The van der Waals surface area contributed by atoms with Gasteiger partial charge in [-0.3, -0.25) is 0 Å². The van der Waals surface area contributed by atoms with E-state index in [4.69, 9.17) is 29.5 Å². The van der Waals surface area contributed by atoms with E-state index < -0.39 is 0 Å². The summed E-state index contributed by atoms with van der Waals surface area (Å²) >= 11 is 0. The maximum atomic E-state index is 8.72. The van der Waals surface area contributed by atoms with Crippen molar-refractivity contribution >= 4 is 0 Å². The van der Waals surface area contributed by atoms with Crippen LogP contribution in [0.15, 0.2) is 0 Å². The van der Waals surface area contributed by atoms with E-state index in [-0.39, 0.29) is 25.2 Å². The summed E-state index contributed by atoms with van der Waals surface area (Å²) < 4.78 is 16.6. The van der Waals surface area contributed by atoms with Gasteiger partial charge in [-0.25, -0.2) is 0 Å². The standard InChI is InChI=1S/C14H30O6/c1-14(11-18-8-2-5-15,12-19-9-3-6-16)13-20-10-4-7-17/h15-17H,2-13H2,1H3. The van der Waals surface area contributed by atoms with Gasteiger partial charge in [0.05, 0.1) is 19.8 Å². The Balaban J connectivity index is 3.98. The number of hydrogen-bond acceptors (Lipinski definition) is 6. The molecule has 122 valence electrons. The highest BCUT2D eigenvalue weighted by Gasteiger charge is 2.25. The minimum Gasteiger partial charge on any atom is -0.396 e. The number of hydrogen-bond donors (Lipinski definition) is 3. The molecule has 0 bridgehead atoms. The van der Waals surface area contributed by atoms with Crippen LogP contribution in [-0.4, -0.2) is 74.8 Å². The van der Waals surface area contributed by atoms with Gasteiger partial charge in [0, 0.05) is 45.1 Å². The van der Waals surface area contributed by atoms with E-state index in [1.54, 1.807) is 0 Å². The first-order chi connectivity index (χ1) is 9.68. The Bertz CT molecular complexity index is 169. The Morgan fingerprint density at radius 1 is 0.650 bits per heavy atom. The smallest absolute Gasteiger partial charge is 0.0564 e. The second-order valence-corrected chi connectivity index (χ2v) is 5.20. The quantitative estimate of drug-likeness (QED) is 0.374. The van der Waals surface area contributed by atoms with E-state index in [1.807, 2.05) is 6.92 Å². The molecule has 0 saturated heterocycles. The molecule has 0 aromatic carbocycles. The van der Waals surface area contributed by atoms with Crippen molar-refractivity contribution in [3.8, 4) is 0 Å². The van der Waals surface area contributed by atoms with Crippen LogP contribution in [0.25, 0.3) is 0 Å². The van der Waals surface area contributed by atoms with Crippen molar-refractivity contribution in [1.29, 1.82) is 0 Å². The lowest BCUT2D eigenvalue weighted by Gasteiger charge is -2.29. The molecule has 0 saturated carbocycles. The third-order valence-electron chi connectivity index (χ3n) is 2.69. The maximum absolute atomic E-state index is 8.72. The molecule has 0 rings (SSSR count). The highest BCUT2D eigenvalue weighted by Crippen LogP contribution is 2.18. The summed E-state index contributed by atoms with van der Waals surface area (Å²) in [5.41, 5.74) is -0.264. The van der Waals surface area contributed by atoms with E-state index in [2.05, 4.69) is 0 Å². The summed E-state index contributed by atoms with van der Waals surface area (Å²) in [6.07, 6.45) is 1.85. The van der Waals surface area contributed by atoms with Crippen molar-refractivity contribution < 1.29 is 29.5 Å². The van der Waals surface area contributed by atoms with Crippen molar-refractivity contribution in [2.24, 2.45) is 5.41 Å². The molecule has 6 heteroatoms. The van der Waals surface area contributed by atoms with E-state index in [0.29, 0.717) is 58.9 Å². The van der Waals surface area contributed by atoms with Gasteiger partial charge in [0.15, 0.2) is 0 Å². The normalized spacial score (nSPS) is 12.0. The van der Waals surface area contributed by atoms with Gasteiger partial charge in [-0.1, -0.05) is 6.92 Å². The first-order valence-corrected chi connectivity index (χ1v) is 7.24. The van der Waals surface area contributed by atoms with E-state index in [0.717, 1.165) is 0 Å². The SMILES string of the molecule is CC(COCCCO)(COCCCO)COCCCO. The summed E-state index contributed by atoms with van der Waals surface area (Å²) in [5, 5.41) is 26.2. The van der Waals surface area contributed by atoms with Gasteiger partial charge < -0.3 is 29.5 Å². The largest absolute Gasteiger partial charge is 0.396 e. The molecule has 0 aromatic rings. The highest BCUT2D eigenvalue weighted by molar-refractivity contribution is 4.73. The molecule has 0 atom stereocenters. The van der Waals surface area contributed by atoms with E-state index in [1.165, 1.54) is 0 Å². The fourth-order valence-electron chi connectivity index (χ4n) is 1.58. The van der Waals surface area contributed by atoms with Crippen molar-refractivity contribution in [2.45, 2.75) is 26.2 Å². The first kappa shape index (κ1) is 19.8. The number of aliphatic hydroxyl groups excluding tert-OH is 3. The van der Waals surface area contributed by atoms with E-state index >= 15 is 0 Å². The fraction of sp³-hybridized carbons (Fsp3) is 1.00. The van der Waals surface area contributed by atoms with Crippen LogP contribution < -0.4 is 0 Å². The van der Waals surface area contributed by atoms with Gasteiger partial charge in [0.2, 0.25) is 0 Å². The number of rotatable bonds is 15. The third-order valence-corrected chi connectivity index (χ3v) is 2.69. The van der Waals surface area contributed by atoms with Gasteiger partial charge in [-0.2, -0.15) is 0 Å². The first-order valence-electron chi connectivity index (χ1n) is 7.24. The summed E-state index contributed by atoms with van der Waals surface area (Å²) in [6.45, 7) is 5.40. The zero-order chi connectivity index (χ0) is 15.1. The van der Waals surface area contributed by atoms with Crippen molar-refractivity contribution in [2.75, 3.05) is 59.5 Å². The lowest BCUT2D eigenvalue weighted by Crippen LogP contribution is -2.35. The maximum Gasteiger partial charge on any atom is 0.0564 e. The lowest BCUT2D eigenvalue weighted by atomic mass is 9.94. The molecule has 0 radical (unpaired) electrons. The summed E-state index contributed by atoms with van der Waals surface area (Å²) in [5.74, 6) is 0. The van der Waals surface area contributed by atoms with Gasteiger partial charge in [0.1, 0.15) is 0 Å². The molecule has 0 fully saturated rings. The molecule has 0 aliphatic carbocycles. The van der Waals surface area contributed by atoms with Crippen LogP contribution in [0.4, 0.5) is 0 Å². The van der Waals surface area contributed by atoms with Crippen LogP contribution in [0.2, 0.25) is 0 Å². The van der Waals surface area contributed by atoms with Crippen LogP contribution in [0.1, 0.15) is 26.2 Å². The van der Waals surface area contributed by atoms with Crippen LogP contribution >= 0.6 is 0 Å². The van der Waals surface area contributed by atoms with Gasteiger partial charge in [-0.15, -0.1) is 0 Å². The number of ether oxygens (including phenoxy) is 3. The predicted molar refractivity (Wildman–Crippen MR) is 75.7 cm³/mol. The molecule has 0 spiro atoms. The van der Waals surface area contributed by atoms with Crippen LogP contribution in [0, 0.1) is 5.41 Å². The Morgan fingerprint density at radius 3 is 1.20 bits per heavy atom. The Labute approximate surface area is 121 Å². The topological polar surface area (TPSA) is 88.4 Å². The Kier molecular flexibility index (Phi) is 13.6. The zero-order valence-corrected chi connectivity index (χ0v) is 12.6. The predicted octanol–water partition coefficient (Wildman–Crippen LogP) is 0.190. The molecule has 6 nitrogen and oxygen atoms in total. The molecule has 3 N–H and O–H groups in total. The molecular weight excluding hydrogens is 264 g/mol. The minimum atomic E-state index is -0.264. The molecule has 0 amide bonds. The summed E-state index contributed by atoms with van der Waals surface area (Å²) in [4.78, 5) is 0.